The first-order valence-corrected chi connectivity index (χ1v) is 11.7. The van der Waals surface area contributed by atoms with Crippen molar-refractivity contribution in [3.8, 4) is 0 Å². The van der Waals surface area contributed by atoms with Crippen molar-refractivity contribution >= 4 is 23.3 Å². The van der Waals surface area contributed by atoms with Crippen LogP contribution >= 0.6 is 11.5 Å². The molecule has 1 aromatic rings. The monoisotopic (exact) mass is 402 g/mol. The van der Waals surface area contributed by atoms with Gasteiger partial charge in [-0.1, -0.05) is 4.49 Å². The van der Waals surface area contributed by atoms with Gasteiger partial charge in [-0.2, -0.15) is 0 Å². The molecule has 0 atom stereocenters. The summed E-state index contributed by atoms with van der Waals surface area (Å²) in [6.45, 7) is 4.12. The summed E-state index contributed by atoms with van der Waals surface area (Å²) in [5, 5.41) is 7.28. The highest BCUT2D eigenvalue weighted by Crippen LogP contribution is 2.60. The third-order valence-electron chi connectivity index (χ3n) is 7.82. The molecule has 1 saturated heterocycles. The van der Waals surface area contributed by atoms with Crippen LogP contribution in [0, 0.1) is 36.0 Å². The van der Waals surface area contributed by atoms with Crippen molar-refractivity contribution in [3.05, 3.63) is 10.6 Å². The highest BCUT2D eigenvalue weighted by Gasteiger charge is 2.54. The third kappa shape index (κ3) is 3.25. The molecular formula is C21H30N4O2S. The smallest absolute Gasteiger partial charge is 0.267 e. The standard InChI is InChI=1S/C21H30N4O2S/c1-13-18(28-24-23-13)19(26)25-4-2-14(3-5-25)12-22-20(27)21-9-15-6-16(10-21)8-17(7-15)11-21/h14-17H,2-12H2,1H3,(H,22,27). The fourth-order valence-electron chi connectivity index (χ4n) is 6.72. The van der Waals surface area contributed by atoms with Crippen molar-refractivity contribution in [2.45, 2.75) is 58.3 Å². The Hall–Kier alpha value is -1.50. The number of likely N-dealkylation sites (tertiary alicyclic amines) is 1. The second kappa shape index (κ2) is 7.08. The third-order valence-corrected chi connectivity index (χ3v) is 8.63. The number of nitrogens with one attached hydrogen (secondary N) is 1. The number of rotatable bonds is 4. The van der Waals surface area contributed by atoms with Crippen LogP contribution in [0.5, 0.6) is 0 Å². The summed E-state index contributed by atoms with van der Waals surface area (Å²) in [4.78, 5) is 28.3. The highest BCUT2D eigenvalue weighted by atomic mass is 32.1. The zero-order valence-corrected chi connectivity index (χ0v) is 17.5. The van der Waals surface area contributed by atoms with Crippen LogP contribution in [0.1, 0.15) is 66.7 Å². The highest BCUT2D eigenvalue weighted by molar-refractivity contribution is 7.07. The van der Waals surface area contributed by atoms with Gasteiger partial charge < -0.3 is 10.2 Å². The maximum Gasteiger partial charge on any atom is 0.267 e. The number of hydrogen-bond donors (Lipinski definition) is 1. The van der Waals surface area contributed by atoms with Gasteiger partial charge in [0.2, 0.25) is 5.91 Å². The summed E-state index contributed by atoms with van der Waals surface area (Å²) < 4.78 is 3.88. The lowest BCUT2D eigenvalue weighted by atomic mass is 9.49. The predicted molar refractivity (Wildman–Crippen MR) is 107 cm³/mol. The van der Waals surface area contributed by atoms with Crippen molar-refractivity contribution in [3.63, 3.8) is 0 Å². The van der Waals surface area contributed by atoms with E-state index in [0.717, 1.165) is 75.2 Å². The molecule has 1 aromatic heterocycles. The molecule has 5 aliphatic rings. The molecule has 7 heteroatoms. The van der Waals surface area contributed by atoms with Crippen molar-refractivity contribution in [1.29, 1.82) is 0 Å². The summed E-state index contributed by atoms with van der Waals surface area (Å²) in [7, 11) is 0. The van der Waals surface area contributed by atoms with Crippen LogP contribution in [0.15, 0.2) is 0 Å². The Morgan fingerprint density at radius 1 is 1.11 bits per heavy atom. The van der Waals surface area contributed by atoms with Crippen LogP contribution in [-0.2, 0) is 4.79 Å². The summed E-state index contributed by atoms with van der Waals surface area (Å²) in [5.74, 6) is 3.27. The molecule has 1 aliphatic heterocycles. The molecular weight excluding hydrogens is 372 g/mol. The maximum atomic E-state index is 13.1. The first-order chi connectivity index (χ1) is 13.5. The van der Waals surface area contributed by atoms with E-state index >= 15 is 0 Å². The second-order valence-corrected chi connectivity index (χ2v) is 10.6. The van der Waals surface area contributed by atoms with E-state index in [-0.39, 0.29) is 11.3 Å². The fraction of sp³-hybridized carbons (Fsp3) is 0.810. The van der Waals surface area contributed by atoms with Crippen molar-refractivity contribution < 1.29 is 9.59 Å². The van der Waals surface area contributed by atoms with Crippen molar-refractivity contribution in [1.82, 2.24) is 19.8 Å². The molecule has 28 heavy (non-hydrogen) atoms. The van der Waals surface area contributed by atoms with Crippen molar-refractivity contribution in [2.24, 2.45) is 29.1 Å². The van der Waals surface area contributed by atoms with Crippen molar-refractivity contribution in [2.75, 3.05) is 19.6 Å². The minimum Gasteiger partial charge on any atom is -0.355 e. The molecule has 4 aliphatic carbocycles. The first kappa shape index (κ1) is 18.5. The van der Waals surface area contributed by atoms with Gasteiger partial charge >= 0.3 is 0 Å². The zero-order valence-electron chi connectivity index (χ0n) is 16.7. The average Bonchev–Trinajstić information content (AvgIpc) is 3.11. The Kier molecular flexibility index (Phi) is 4.68. The number of amides is 2. The van der Waals surface area contributed by atoms with Gasteiger partial charge in [-0.3, -0.25) is 9.59 Å². The van der Waals surface area contributed by atoms with E-state index in [4.69, 9.17) is 0 Å². The lowest BCUT2D eigenvalue weighted by Crippen LogP contribution is -2.54. The Labute approximate surface area is 170 Å². The Balaban J connectivity index is 1.12. The summed E-state index contributed by atoms with van der Waals surface area (Å²) >= 11 is 1.18. The Morgan fingerprint density at radius 2 is 1.71 bits per heavy atom. The molecule has 6 rings (SSSR count). The van der Waals surface area contributed by atoms with Crippen LogP contribution in [0.25, 0.3) is 0 Å². The minimum atomic E-state index is -0.0535. The number of aromatic nitrogens is 2. The molecule has 152 valence electrons. The molecule has 4 bridgehead atoms. The Morgan fingerprint density at radius 3 is 2.25 bits per heavy atom. The maximum absolute atomic E-state index is 13.1. The predicted octanol–water partition coefficient (Wildman–Crippen LogP) is 3.03. The summed E-state index contributed by atoms with van der Waals surface area (Å²) in [6, 6.07) is 0. The molecule has 5 fully saturated rings. The quantitative estimate of drug-likeness (QED) is 0.840. The number of nitrogens with zero attached hydrogens (tertiary/aromatic N) is 3. The van der Waals surface area contributed by atoms with E-state index in [1.165, 1.54) is 30.8 Å². The molecule has 0 radical (unpaired) electrons. The fourth-order valence-corrected chi connectivity index (χ4v) is 7.35. The largest absolute Gasteiger partial charge is 0.355 e. The summed E-state index contributed by atoms with van der Waals surface area (Å²) in [6.07, 6.45) is 9.39. The van der Waals surface area contributed by atoms with Gasteiger partial charge in [-0.25, -0.2) is 0 Å². The van der Waals surface area contributed by atoms with Crippen LogP contribution in [-0.4, -0.2) is 45.9 Å². The van der Waals surface area contributed by atoms with Gasteiger partial charge in [0.15, 0.2) is 0 Å². The topological polar surface area (TPSA) is 75.2 Å². The van der Waals surface area contributed by atoms with Gasteiger partial charge in [-0.15, -0.1) is 5.10 Å². The van der Waals surface area contributed by atoms with E-state index in [9.17, 15) is 9.59 Å². The average molecular weight is 403 g/mol. The van der Waals surface area contributed by atoms with Crippen LogP contribution in [0.2, 0.25) is 0 Å². The van der Waals surface area contributed by atoms with Gasteiger partial charge in [-0.05, 0) is 93.5 Å². The minimum absolute atomic E-state index is 0.0535. The van der Waals surface area contributed by atoms with Gasteiger partial charge in [0.05, 0.1) is 5.69 Å². The normalized spacial score (nSPS) is 34.6. The van der Waals surface area contributed by atoms with E-state index in [1.807, 2.05) is 11.8 Å². The molecule has 2 heterocycles. The van der Waals surface area contributed by atoms with Crippen LogP contribution in [0.3, 0.4) is 0 Å². The van der Waals surface area contributed by atoms with E-state index in [1.54, 1.807) is 0 Å². The van der Waals surface area contributed by atoms with Crippen LogP contribution < -0.4 is 5.32 Å². The molecule has 0 spiro atoms. The number of carbonyl (C=O) groups excluding carboxylic acids is 2. The second-order valence-electron chi connectivity index (χ2n) is 9.83. The SMILES string of the molecule is Cc1nnsc1C(=O)N1CCC(CNC(=O)C23CC4CC(CC(C4)C2)C3)CC1. The summed E-state index contributed by atoms with van der Waals surface area (Å²) in [5.41, 5.74) is 0.669. The molecule has 4 saturated carbocycles. The number of aryl methyl sites for hydroxylation is 1. The number of hydrogen-bond acceptors (Lipinski definition) is 5. The lowest BCUT2D eigenvalue weighted by molar-refractivity contribution is -0.146. The molecule has 2 amide bonds. The van der Waals surface area contributed by atoms with E-state index in [2.05, 4.69) is 14.9 Å². The number of piperidine rings is 1. The van der Waals surface area contributed by atoms with Gasteiger partial charge in [0, 0.05) is 25.0 Å². The van der Waals surface area contributed by atoms with Gasteiger partial charge in [0.25, 0.3) is 5.91 Å². The molecule has 0 aromatic carbocycles. The molecule has 0 unspecified atom stereocenters. The molecule has 6 nitrogen and oxygen atoms in total. The lowest BCUT2D eigenvalue weighted by Gasteiger charge is -2.55. The number of carbonyl (C=O) groups is 2. The Bertz CT molecular complexity index is 733. The molecule has 1 N–H and O–H groups in total. The van der Waals surface area contributed by atoms with E-state index < -0.39 is 0 Å². The van der Waals surface area contributed by atoms with Gasteiger partial charge in [0.1, 0.15) is 4.88 Å². The zero-order chi connectivity index (χ0) is 19.3. The van der Waals surface area contributed by atoms with Crippen LogP contribution in [0.4, 0.5) is 0 Å². The van der Waals surface area contributed by atoms with E-state index in [0.29, 0.717) is 16.7 Å². The first-order valence-electron chi connectivity index (χ1n) is 10.9.